The maximum Gasteiger partial charge on any atom is 0.150 e. The third-order valence-corrected chi connectivity index (χ3v) is 1.98. The summed E-state index contributed by atoms with van der Waals surface area (Å²) in [6, 6.07) is 7.73. The Morgan fingerprint density at radius 3 is 2.92 bits per heavy atom. The van der Waals surface area contributed by atoms with Crippen molar-refractivity contribution in [2.75, 3.05) is 5.32 Å². The van der Waals surface area contributed by atoms with E-state index in [1.54, 1.807) is 6.08 Å². The topological polar surface area (TPSA) is 29.1 Å². The van der Waals surface area contributed by atoms with Gasteiger partial charge >= 0.3 is 0 Å². The molecule has 0 unspecified atom stereocenters. The van der Waals surface area contributed by atoms with Crippen molar-refractivity contribution in [3.05, 3.63) is 48.2 Å². The van der Waals surface area contributed by atoms with Crippen molar-refractivity contribution in [2.24, 2.45) is 0 Å². The van der Waals surface area contributed by atoms with E-state index in [0.717, 1.165) is 17.5 Å². The van der Waals surface area contributed by atoms with Crippen LogP contribution in [0, 0.1) is 0 Å². The highest BCUT2D eigenvalue weighted by Crippen LogP contribution is 2.24. The fourth-order valence-corrected chi connectivity index (χ4v) is 1.34. The second-order valence-corrected chi connectivity index (χ2v) is 2.79. The fraction of sp³-hybridized carbons (Fsp3) is 0. The van der Waals surface area contributed by atoms with Crippen molar-refractivity contribution in [3.8, 4) is 0 Å². The van der Waals surface area contributed by atoms with Crippen molar-refractivity contribution < 1.29 is 4.79 Å². The van der Waals surface area contributed by atoms with E-state index in [1.807, 2.05) is 36.5 Å². The second kappa shape index (κ2) is 3.27. The highest BCUT2D eigenvalue weighted by molar-refractivity contribution is 6.10. The van der Waals surface area contributed by atoms with Gasteiger partial charge in [0, 0.05) is 23.0 Å². The minimum absolute atomic E-state index is 0.705. The van der Waals surface area contributed by atoms with Gasteiger partial charge in [-0.05, 0) is 18.2 Å². The Hall–Kier alpha value is -1.83. The Kier molecular flexibility index (Phi) is 1.96. The van der Waals surface area contributed by atoms with Gasteiger partial charge in [-0.2, -0.15) is 0 Å². The first-order valence-electron chi connectivity index (χ1n) is 4.10. The lowest BCUT2D eigenvalue weighted by atomic mass is 10.1. The largest absolute Gasteiger partial charge is 0.361 e. The molecule has 1 aromatic carbocycles. The molecule has 64 valence electrons. The molecular weight excluding hydrogens is 162 g/mol. The number of aldehydes is 1. The summed E-state index contributed by atoms with van der Waals surface area (Å²) in [6.07, 6.45) is 6.31. The molecule has 1 N–H and O–H groups in total. The normalized spacial score (nSPS) is 13.7. The quantitative estimate of drug-likeness (QED) is 0.656. The van der Waals surface area contributed by atoms with Crippen LogP contribution in [0.3, 0.4) is 0 Å². The van der Waals surface area contributed by atoms with Gasteiger partial charge in [0.15, 0.2) is 6.29 Å². The molecule has 0 saturated carbocycles. The number of carbonyl (C=O) groups is 1. The number of allylic oxidation sites excluding steroid dienone is 3. The predicted octanol–water partition coefficient (Wildman–Crippen LogP) is 2.21. The lowest BCUT2D eigenvalue weighted by Gasteiger charge is -2.05. The highest BCUT2D eigenvalue weighted by Gasteiger charge is 2.06. The second-order valence-electron chi connectivity index (χ2n) is 2.79. The van der Waals surface area contributed by atoms with Crippen LogP contribution in [0.15, 0.2) is 42.6 Å². The van der Waals surface area contributed by atoms with E-state index in [-0.39, 0.29) is 0 Å². The van der Waals surface area contributed by atoms with E-state index in [9.17, 15) is 4.79 Å². The van der Waals surface area contributed by atoms with Gasteiger partial charge in [-0.15, -0.1) is 0 Å². The molecule has 2 heteroatoms. The van der Waals surface area contributed by atoms with Crippen LogP contribution in [0.1, 0.15) is 5.56 Å². The van der Waals surface area contributed by atoms with Crippen LogP contribution in [0.5, 0.6) is 0 Å². The summed E-state index contributed by atoms with van der Waals surface area (Å²) in [7, 11) is 0. The van der Waals surface area contributed by atoms with E-state index in [2.05, 4.69) is 5.32 Å². The monoisotopic (exact) mass is 171 g/mol. The van der Waals surface area contributed by atoms with Crippen LogP contribution in [0.4, 0.5) is 5.69 Å². The fourth-order valence-electron chi connectivity index (χ4n) is 1.34. The molecule has 0 spiro atoms. The SMILES string of the molecule is O=CC1=CC=CNc2ccccc21. The Bertz CT molecular complexity index is 391. The molecule has 1 aliphatic rings. The Morgan fingerprint density at radius 2 is 2.08 bits per heavy atom. The molecule has 1 aromatic rings. The summed E-state index contributed by atoms with van der Waals surface area (Å²) in [5, 5.41) is 3.10. The molecule has 0 saturated heterocycles. The van der Waals surface area contributed by atoms with E-state index < -0.39 is 0 Å². The van der Waals surface area contributed by atoms with Crippen LogP contribution in [0.2, 0.25) is 0 Å². The number of hydrogen-bond donors (Lipinski definition) is 1. The van der Waals surface area contributed by atoms with E-state index >= 15 is 0 Å². The van der Waals surface area contributed by atoms with E-state index in [1.165, 1.54) is 0 Å². The zero-order valence-electron chi connectivity index (χ0n) is 7.03. The van der Waals surface area contributed by atoms with Crippen LogP contribution < -0.4 is 5.32 Å². The summed E-state index contributed by atoms with van der Waals surface area (Å²) in [4.78, 5) is 10.7. The number of anilines is 1. The number of rotatable bonds is 1. The zero-order valence-corrected chi connectivity index (χ0v) is 7.03. The summed E-state index contributed by atoms with van der Waals surface area (Å²) >= 11 is 0. The summed E-state index contributed by atoms with van der Waals surface area (Å²) in [5.41, 5.74) is 2.62. The molecule has 0 fully saturated rings. The Labute approximate surface area is 76.6 Å². The molecule has 0 bridgehead atoms. The summed E-state index contributed by atoms with van der Waals surface area (Å²) in [5.74, 6) is 0. The first-order chi connectivity index (χ1) is 6.42. The van der Waals surface area contributed by atoms with Gasteiger partial charge in [0.2, 0.25) is 0 Å². The van der Waals surface area contributed by atoms with Crippen molar-refractivity contribution in [1.29, 1.82) is 0 Å². The van der Waals surface area contributed by atoms with Crippen LogP contribution in [-0.4, -0.2) is 6.29 Å². The van der Waals surface area contributed by atoms with Crippen molar-refractivity contribution in [2.45, 2.75) is 0 Å². The lowest BCUT2D eigenvalue weighted by Crippen LogP contribution is -1.91. The maximum absolute atomic E-state index is 10.7. The van der Waals surface area contributed by atoms with Gasteiger partial charge in [0.1, 0.15) is 0 Å². The molecule has 0 aromatic heterocycles. The maximum atomic E-state index is 10.7. The predicted molar refractivity (Wildman–Crippen MR) is 53.2 cm³/mol. The third-order valence-electron chi connectivity index (χ3n) is 1.98. The molecule has 0 radical (unpaired) electrons. The summed E-state index contributed by atoms with van der Waals surface area (Å²) in [6.45, 7) is 0. The van der Waals surface area contributed by atoms with Crippen molar-refractivity contribution in [3.63, 3.8) is 0 Å². The standard InChI is InChI=1S/C11H9NO/c13-8-9-4-3-7-12-11-6-2-1-5-10(9)11/h1-8,12H. The van der Waals surface area contributed by atoms with Crippen LogP contribution in [0.25, 0.3) is 5.57 Å². The molecule has 1 aliphatic heterocycles. The average molecular weight is 171 g/mol. The molecule has 0 amide bonds. The highest BCUT2D eigenvalue weighted by atomic mass is 16.1. The van der Waals surface area contributed by atoms with Gasteiger partial charge in [0.05, 0.1) is 0 Å². The van der Waals surface area contributed by atoms with E-state index in [0.29, 0.717) is 5.57 Å². The van der Waals surface area contributed by atoms with Gasteiger partial charge in [-0.1, -0.05) is 18.2 Å². The molecule has 13 heavy (non-hydrogen) atoms. The van der Waals surface area contributed by atoms with E-state index in [4.69, 9.17) is 0 Å². The lowest BCUT2D eigenvalue weighted by molar-refractivity contribution is -0.103. The Morgan fingerprint density at radius 1 is 1.23 bits per heavy atom. The van der Waals surface area contributed by atoms with Gasteiger partial charge < -0.3 is 5.32 Å². The smallest absolute Gasteiger partial charge is 0.150 e. The number of carbonyl (C=O) groups excluding carboxylic acids is 1. The number of nitrogens with one attached hydrogen (secondary N) is 1. The van der Waals surface area contributed by atoms with Gasteiger partial charge in [0.25, 0.3) is 0 Å². The minimum atomic E-state index is 0.705. The molecule has 2 nitrogen and oxygen atoms in total. The zero-order chi connectivity index (χ0) is 9.10. The molecule has 2 rings (SSSR count). The number of benzene rings is 1. The van der Waals surface area contributed by atoms with Crippen molar-refractivity contribution >= 4 is 17.5 Å². The number of hydrogen-bond acceptors (Lipinski definition) is 2. The van der Waals surface area contributed by atoms with Crippen molar-refractivity contribution in [1.82, 2.24) is 0 Å². The molecule has 1 heterocycles. The first kappa shape index (κ1) is 7.80. The molecule has 0 atom stereocenters. The molecular formula is C11H9NO. The van der Waals surface area contributed by atoms with Gasteiger partial charge in [-0.25, -0.2) is 0 Å². The molecule has 0 aliphatic carbocycles. The average Bonchev–Trinajstić information content (AvgIpc) is 2.39. The first-order valence-corrected chi connectivity index (χ1v) is 4.10. The third kappa shape index (κ3) is 1.38. The van der Waals surface area contributed by atoms with Crippen LogP contribution in [-0.2, 0) is 4.79 Å². The van der Waals surface area contributed by atoms with Gasteiger partial charge in [-0.3, -0.25) is 4.79 Å². The summed E-state index contributed by atoms with van der Waals surface area (Å²) < 4.78 is 0. The van der Waals surface area contributed by atoms with Crippen LogP contribution >= 0.6 is 0 Å². The minimum Gasteiger partial charge on any atom is -0.361 e. The number of para-hydroxylation sites is 1. The Balaban J connectivity index is 2.59. The number of fused-ring (bicyclic) bond motifs is 1.